The average molecular weight is 389 g/mol. The van der Waals surface area contributed by atoms with Crippen LogP contribution in [-0.2, 0) is 10.0 Å². The van der Waals surface area contributed by atoms with Crippen molar-refractivity contribution in [2.24, 2.45) is 0 Å². The van der Waals surface area contributed by atoms with Crippen LogP contribution < -0.4 is 4.90 Å². The largest absolute Gasteiger partial charge is 0.363 e. The standard InChI is InChI=1S/C16H19N7O3S/c1-12-7-13(2)23(20-12)16-8-15(17-11-18-16)21-3-5-22(6-4-21)27(24,25)14-9-19-26-10-14/h7-11H,3-6H2,1-2H3. The molecule has 27 heavy (non-hydrogen) atoms. The highest BCUT2D eigenvalue weighted by Gasteiger charge is 2.30. The van der Waals surface area contributed by atoms with Gasteiger partial charge in [-0.05, 0) is 19.9 Å². The molecule has 0 unspecified atom stereocenters. The van der Waals surface area contributed by atoms with Crippen LogP contribution in [0.1, 0.15) is 11.4 Å². The van der Waals surface area contributed by atoms with Gasteiger partial charge < -0.3 is 9.42 Å². The summed E-state index contributed by atoms with van der Waals surface area (Å²) in [5.74, 6) is 1.43. The number of nitrogens with zero attached hydrogens (tertiary/aromatic N) is 7. The molecule has 1 aliphatic rings. The van der Waals surface area contributed by atoms with E-state index in [0.29, 0.717) is 32.0 Å². The van der Waals surface area contributed by atoms with Gasteiger partial charge in [-0.25, -0.2) is 23.1 Å². The zero-order chi connectivity index (χ0) is 19.0. The molecule has 3 aromatic heterocycles. The number of hydrogen-bond acceptors (Lipinski definition) is 8. The van der Waals surface area contributed by atoms with Crippen molar-refractivity contribution in [3.05, 3.63) is 42.3 Å². The average Bonchev–Trinajstić information content (AvgIpc) is 3.32. The van der Waals surface area contributed by atoms with Crippen molar-refractivity contribution in [2.75, 3.05) is 31.1 Å². The van der Waals surface area contributed by atoms with Gasteiger partial charge in [0.15, 0.2) is 5.82 Å². The van der Waals surface area contributed by atoms with Crippen LogP contribution in [0.5, 0.6) is 0 Å². The van der Waals surface area contributed by atoms with Crippen LogP contribution in [0.4, 0.5) is 5.82 Å². The summed E-state index contributed by atoms with van der Waals surface area (Å²) in [4.78, 5) is 10.8. The van der Waals surface area contributed by atoms with Crippen LogP contribution in [0.15, 0.2) is 40.3 Å². The van der Waals surface area contributed by atoms with E-state index in [1.165, 1.54) is 16.8 Å². The lowest BCUT2D eigenvalue weighted by Gasteiger charge is -2.34. The normalized spacial score (nSPS) is 16.0. The first-order chi connectivity index (χ1) is 12.9. The lowest BCUT2D eigenvalue weighted by Crippen LogP contribution is -2.48. The Bertz CT molecular complexity index is 1040. The van der Waals surface area contributed by atoms with E-state index in [0.717, 1.165) is 23.5 Å². The van der Waals surface area contributed by atoms with Gasteiger partial charge in [0.2, 0.25) is 10.0 Å². The van der Waals surface area contributed by atoms with Gasteiger partial charge in [0.05, 0.1) is 11.9 Å². The van der Waals surface area contributed by atoms with Crippen molar-refractivity contribution in [3.63, 3.8) is 0 Å². The first kappa shape index (κ1) is 17.6. The summed E-state index contributed by atoms with van der Waals surface area (Å²) in [5, 5.41) is 7.92. The molecule has 0 radical (unpaired) electrons. The zero-order valence-electron chi connectivity index (χ0n) is 15.0. The van der Waals surface area contributed by atoms with Gasteiger partial charge in [-0.3, -0.25) is 0 Å². The topological polar surface area (TPSA) is 110 Å². The molecule has 0 aliphatic carbocycles. The molecule has 4 heterocycles. The molecule has 0 saturated carbocycles. The van der Waals surface area contributed by atoms with E-state index in [9.17, 15) is 8.42 Å². The lowest BCUT2D eigenvalue weighted by molar-refractivity contribution is 0.382. The Morgan fingerprint density at radius 2 is 1.78 bits per heavy atom. The minimum absolute atomic E-state index is 0.0739. The van der Waals surface area contributed by atoms with Crippen molar-refractivity contribution in [1.82, 2.24) is 29.2 Å². The van der Waals surface area contributed by atoms with Gasteiger partial charge in [0.1, 0.15) is 23.3 Å². The highest BCUT2D eigenvalue weighted by molar-refractivity contribution is 7.89. The number of piperazine rings is 1. The molecule has 1 fully saturated rings. The fraction of sp³-hybridized carbons (Fsp3) is 0.375. The predicted molar refractivity (Wildman–Crippen MR) is 96.1 cm³/mol. The van der Waals surface area contributed by atoms with Crippen molar-refractivity contribution >= 4 is 15.8 Å². The van der Waals surface area contributed by atoms with Crippen molar-refractivity contribution in [1.29, 1.82) is 0 Å². The third kappa shape index (κ3) is 3.30. The molecule has 3 aromatic rings. The molecule has 4 rings (SSSR count). The molecule has 0 amide bonds. The summed E-state index contributed by atoms with van der Waals surface area (Å²) in [7, 11) is -3.57. The second kappa shape index (κ2) is 6.74. The fourth-order valence-corrected chi connectivity index (χ4v) is 4.40. The van der Waals surface area contributed by atoms with Gasteiger partial charge in [-0.2, -0.15) is 9.40 Å². The third-order valence-electron chi connectivity index (χ3n) is 4.47. The summed E-state index contributed by atoms with van der Waals surface area (Å²) in [6.07, 6.45) is 3.86. The number of hydrogen-bond donors (Lipinski definition) is 0. The van der Waals surface area contributed by atoms with E-state index in [4.69, 9.17) is 0 Å². The van der Waals surface area contributed by atoms with E-state index in [-0.39, 0.29) is 4.90 Å². The highest BCUT2D eigenvalue weighted by Crippen LogP contribution is 2.21. The van der Waals surface area contributed by atoms with Gasteiger partial charge in [-0.15, -0.1) is 0 Å². The first-order valence-corrected chi connectivity index (χ1v) is 9.89. The van der Waals surface area contributed by atoms with Crippen molar-refractivity contribution in [3.8, 4) is 5.82 Å². The van der Waals surface area contributed by atoms with Crippen molar-refractivity contribution < 1.29 is 12.9 Å². The van der Waals surface area contributed by atoms with Gasteiger partial charge >= 0.3 is 0 Å². The molecule has 0 N–H and O–H groups in total. The highest BCUT2D eigenvalue weighted by atomic mass is 32.2. The molecule has 1 saturated heterocycles. The molecular weight excluding hydrogens is 370 g/mol. The Balaban J connectivity index is 1.50. The smallest absolute Gasteiger partial charge is 0.248 e. The quantitative estimate of drug-likeness (QED) is 0.644. The van der Waals surface area contributed by atoms with Crippen LogP contribution in [0.25, 0.3) is 5.82 Å². The number of rotatable bonds is 4. The molecule has 1 aliphatic heterocycles. The maximum absolute atomic E-state index is 12.5. The van der Waals surface area contributed by atoms with E-state index in [2.05, 4.69) is 24.7 Å². The van der Waals surface area contributed by atoms with Gasteiger partial charge in [0, 0.05) is 37.9 Å². The number of anilines is 1. The number of aromatic nitrogens is 5. The Kier molecular flexibility index (Phi) is 4.40. The van der Waals surface area contributed by atoms with Crippen LogP contribution in [0.2, 0.25) is 0 Å². The van der Waals surface area contributed by atoms with Crippen molar-refractivity contribution in [2.45, 2.75) is 18.7 Å². The Labute approximate surface area is 156 Å². The number of aryl methyl sites for hydroxylation is 2. The van der Waals surface area contributed by atoms with E-state index in [1.54, 1.807) is 4.68 Å². The summed E-state index contributed by atoms with van der Waals surface area (Å²) < 4.78 is 32.9. The summed E-state index contributed by atoms with van der Waals surface area (Å²) in [5.41, 5.74) is 1.90. The van der Waals surface area contributed by atoms with Crippen LogP contribution in [0, 0.1) is 13.8 Å². The summed E-state index contributed by atoms with van der Waals surface area (Å²) in [6.45, 7) is 5.66. The minimum Gasteiger partial charge on any atom is -0.363 e. The van der Waals surface area contributed by atoms with E-state index < -0.39 is 10.0 Å². The van der Waals surface area contributed by atoms with Gasteiger partial charge in [0.25, 0.3) is 0 Å². The molecule has 0 spiro atoms. The molecule has 0 bridgehead atoms. The fourth-order valence-electron chi connectivity index (χ4n) is 3.12. The van der Waals surface area contributed by atoms with E-state index >= 15 is 0 Å². The van der Waals surface area contributed by atoms with Gasteiger partial charge in [-0.1, -0.05) is 5.16 Å². The molecule has 0 aromatic carbocycles. The Morgan fingerprint density at radius 3 is 2.41 bits per heavy atom. The molecule has 11 heteroatoms. The van der Waals surface area contributed by atoms with Crippen LogP contribution >= 0.6 is 0 Å². The maximum Gasteiger partial charge on any atom is 0.248 e. The molecule has 10 nitrogen and oxygen atoms in total. The molecule has 142 valence electrons. The Morgan fingerprint density at radius 1 is 1.04 bits per heavy atom. The molecular formula is C16H19N7O3S. The second-order valence-corrected chi connectivity index (χ2v) is 8.26. The summed E-state index contributed by atoms with van der Waals surface area (Å²) in [6, 6.07) is 3.85. The first-order valence-electron chi connectivity index (χ1n) is 8.45. The van der Waals surface area contributed by atoms with E-state index in [1.807, 2.05) is 30.9 Å². The SMILES string of the molecule is Cc1cc(C)n(-c2cc(N3CCN(S(=O)(=O)c4cnoc4)CC3)ncn2)n1. The zero-order valence-corrected chi connectivity index (χ0v) is 15.8. The monoisotopic (exact) mass is 389 g/mol. The lowest BCUT2D eigenvalue weighted by atomic mass is 10.3. The predicted octanol–water partition coefficient (Wildman–Crippen LogP) is 0.778. The Hall–Kier alpha value is -2.79. The van der Waals surface area contributed by atoms with Crippen LogP contribution in [0.3, 0.4) is 0 Å². The minimum atomic E-state index is -3.57. The third-order valence-corrected chi connectivity index (χ3v) is 6.32. The number of sulfonamides is 1. The second-order valence-electron chi connectivity index (χ2n) is 6.32. The summed E-state index contributed by atoms with van der Waals surface area (Å²) >= 11 is 0. The molecule has 0 atom stereocenters. The van der Waals surface area contributed by atoms with Crippen LogP contribution in [-0.4, -0.2) is 63.8 Å². The maximum atomic E-state index is 12.5.